The van der Waals surface area contributed by atoms with Crippen molar-refractivity contribution in [3.63, 3.8) is 0 Å². The summed E-state index contributed by atoms with van der Waals surface area (Å²) in [6, 6.07) is 7.42. The van der Waals surface area contributed by atoms with E-state index in [1.54, 1.807) is 25.4 Å². The van der Waals surface area contributed by atoms with E-state index in [0.29, 0.717) is 0 Å². The van der Waals surface area contributed by atoms with Gasteiger partial charge in [-0.15, -0.1) is 0 Å². The van der Waals surface area contributed by atoms with Crippen LogP contribution in [-0.2, 0) is 0 Å². The fourth-order valence-corrected chi connectivity index (χ4v) is 2.11. The molecule has 108 valence electrons. The number of halogens is 1. The van der Waals surface area contributed by atoms with E-state index in [0.717, 1.165) is 5.56 Å². The number of hydrogen-bond acceptors (Lipinski definition) is 4. The molecule has 1 heterocycles. The molecule has 0 radical (unpaired) electrons. The van der Waals surface area contributed by atoms with E-state index in [2.05, 4.69) is 10.3 Å². The average molecular weight is 306 g/mol. The summed E-state index contributed by atoms with van der Waals surface area (Å²) >= 11 is 5.91. The van der Waals surface area contributed by atoms with Gasteiger partial charge in [0.15, 0.2) is 0 Å². The molecule has 21 heavy (non-hydrogen) atoms. The van der Waals surface area contributed by atoms with Crippen molar-refractivity contribution in [1.82, 2.24) is 10.3 Å². The van der Waals surface area contributed by atoms with E-state index in [9.17, 15) is 14.9 Å². The summed E-state index contributed by atoms with van der Waals surface area (Å²) in [5.74, 6) is -0.472. The predicted octanol–water partition coefficient (Wildman–Crippen LogP) is 3.13. The lowest BCUT2D eigenvalue weighted by Gasteiger charge is -2.14. The predicted molar refractivity (Wildman–Crippen MR) is 78.2 cm³/mol. The molecule has 1 N–H and O–H groups in total. The Morgan fingerprint density at radius 2 is 2.14 bits per heavy atom. The van der Waals surface area contributed by atoms with Gasteiger partial charge in [-0.2, -0.15) is 0 Å². The molecule has 0 aliphatic heterocycles. The van der Waals surface area contributed by atoms with Crippen LogP contribution in [0.15, 0.2) is 42.7 Å². The van der Waals surface area contributed by atoms with Crippen molar-refractivity contribution in [2.75, 3.05) is 0 Å². The molecule has 1 aromatic carbocycles. The van der Waals surface area contributed by atoms with Gasteiger partial charge >= 0.3 is 0 Å². The minimum Gasteiger partial charge on any atom is -0.345 e. The summed E-state index contributed by atoms with van der Waals surface area (Å²) in [6.45, 7) is 1.79. The SMILES string of the molecule is CC(NC(=O)c1cccc([N+](=O)[O-])c1Cl)c1cccnc1. The standard InChI is InChI=1S/C14H12ClN3O3/c1-9(10-4-3-7-16-8-10)17-14(19)11-5-2-6-12(13(11)15)18(20)21/h2-9H,1H3,(H,17,19). The van der Waals surface area contributed by atoms with Crippen LogP contribution in [-0.4, -0.2) is 15.8 Å². The van der Waals surface area contributed by atoms with Crippen LogP contribution in [0.3, 0.4) is 0 Å². The number of amides is 1. The minimum absolute atomic E-state index is 0.0709. The number of carbonyl (C=O) groups excluding carboxylic acids is 1. The highest BCUT2D eigenvalue weighted by Crippen LogP contribution is 2.28. The van der Waals surface area contributed by atoms with Crippen LogP contribution in [0.25, 0.3) is 0 Å². The number of hydrogen-bond donors (Lipinski definition) is 1. The van der Waals surface area contributed by atoms with Crippen LogP contribution in [0, 0.1) is 10.1 Å². The molecule has 0 aliphatic carbocycles. The topological polar surface area (TPSA) is 85.1 Å². The Bertz CT molecular complexity index is 676. The van der Waals surface area contributed by atoms with Crippen LogP contribution in [0.4, 0.5) is 5.69 Å². The lowest BCUT2D eigenvalue weighted by Crippen LogP contribution is -2.27. The van der Waals surface area contributed by atoms with Gasteiger partial charge in [0.1, 0.15) is 5.02 Å². The highest BCUT2D eigenvalue weighted by Gasteiger charge is 2.21. The van der Waals surface area contributed by atoms with Crippen molar-refractivity contribution in [1.29, 1.82) is 0 Å². The zero-order valence-corrected chi connectivity index (χ0v) is 11.9. The van der Waals surface area contributed by atoms with Crippen molar-refractivity contribution in [3.8, 4) is 0 Å². The first kappa shape index (κ1) is 14.9. The average Bonchev–Trinajstić information content (AvgIpc) is 2.47. The van der Waals surface area contributed by atoms with E-state index in [1.807, 2.05) is 6.07 Å². The maximum atomic E-state index is 12.2. The van der Waals surface area contributed by atoms with Crippen molar-refractivity contribution in [3.05, 3.63) is 69.0 Å². The minimum atomic E-state index is -0.621. The molecule has 0 fully saturated rings. The molecule has 0 aliphatic rings. The molecule has 1 amide bonds. The quantitative estimate of drug-likeness (QED) is 0.694. The maximum Gasteiger partial charge on any atom is 0.288 e. The van der Waals surface area contributed by atoms with E-state index in [1.165, 1.54) is 18.2 Å². The lowest BCUT2D eigenvalue weighted by atomic mass is 10.1. The number of nitrogens with zero attached hydrogens (tertiary/aromatic N) is 2. The van der Waals surface area contributed by atoms with E-state index < -0.39 is 10.8 Å². The molecule has 6 nitrogen and oxygen atoms in total. The number of nitrogens with one attached hydrogen (secondary N) is 1. The Labute approximate surface area is 125 Å². The van der Waals surface area contributed by atoms with Crippen molar-refractivity contribution < 1.29 is 9.72 Å². The molecule has 1 unspecified atom stereocenters. The van der Waals surface area contributed by atoms with Crippen molar-refractivity contribution >= 4 is 23.2 Å². The zero-order valence-electron chi connectivity index (χ0n) is 11.1. The molecular formula is C14H12ClN3O3. The second kappa shape index (κ2) is 6.32. The normalized spacial score (nSPS) is 11.7. The van der Waals surface area contributed by atoms with Gasteiger partial charge in [-0.05, 0) is 24.6 Å². The molecule has 7 heteroatoms. The highest BCUT2D eigenvalue weighted by molar-refractivity contribution is 6.35. The summed E-state index contributed by atoms with van der Waals surface area (Å²) in [7, 11) is 0. The second-order valence-corrected chi connectivity index (χ2v) is 4.76. The summed E-state index contributed by atoms with van der Waals surface area (Å²) in [5.41, 5.74) is 0.604. The third kappa shape index (κ3) is 3.35. The molecule has 0 saturated heterocycles. The van der Waals surface area contributed by atoms with Crippen LogP contribution < -0.4 is 5.32 Å². The molecule has 2 aromatic rings. The molecule has 1 atom stereocenters. The first-order valence-corrected chi connectivity index (χ1v) is 6.52. The Kier molecular flexibility index (Phi) is 4.49. The number of nitro benzene ring substituents is 1. The van der Waals surface area contributed by atoms with Crippen LogP contribution in [0.2, 0.25) is 5.02 Å². The van der Waals surface area contributed by atoms with Crippen LogP contribution in [0.5, 0.6) is 0 Å². The van der Waals surface area contributed by atoms with Gasteiger partial charge in [0, 0.05) is 18.5 Å². The molecule has 1 aromatic heterocycles. The Hall–Kier alpha value is -2.47. The third-order valence-corrected chi connectivity index (χ3v) is 3.35. The molecule has 0 saturated carbocycles. The summed E-state index contributed by atoms with van der Waals surface area (Å²) in [5, 5.41) is 13.4. The summed E-state index contributed by atoms with van der Waals surface area (Å²) in [4.78, 5) is 26.4. The summed E-state index contributed by atoms with van der Waals surface area (Å²) in [6.07, 6.45) is 3.27. The lowest BCUT2D eigenvalue weighted by molar-refractivity contribution is -0.384. The van der Waals surface area contributed by atoms with Gasteiger partial charge in [-0.1, -0.05) is 23.7 Å². The van der Waals surface area contributed by atoms with Crippen LogP contribution in [0.1, 0.15) is 28.9 Å². The van der Waals surface area contributed by atoms with Crippen molar-refractivity contribution in [2.45, 2.75) is 13.0 Å². The van der Waals surface area contributed by atoms with E-state index in [4.69, 9.17) is 11.6 Å². The van der Waals surface area contributed by atoms with E-state index in [-0.39, 0.29) is 22.3 Å². The Balaban J connectivity index is 2.22. The second-order valence-electron chi connectivity index (χ2n) is 4.38. The summed E-state index contributed by atoms with van der Waals surface area (Å²) < 4.78 is 0. The number of pyridine rings is 1. The van der Waals surface area contributed by atoms with Crippen molar-refractivity contribution in [2.24, 2.45) is 0 Å². The third-order valence-electron chi connectivity index (χ3n) is 2.95. The molecule has 0 spiro atoms. The molecular weight excluding hydrogens is 294 g/mol. The van der Waals surface area contributed by atoms with E-state index >= 15 is 0 Å². The van der Waals surface area contributed by atoms with Gasteiger partial charge in [-0.25, -0.2) is 0 Å². The Morgan fingerprint density at radius 3 is 2.76 bits per heavy atom. The zero-order chi connectivity index (χ0) is 15.4. The van der Waals surface area contributed by atoms with Crippen LogP contribution >= 0.6 is 11.6 Å². The Morgan fingerprint density at radius 1 is 1.38 bits per heavy atom. The monoisotopic (exact) mass is 305 g/mol. The first-order chi connectivity index (χ1) is 10.0. The van der Waals surface area contributed by atoms with Gasteiger partial charge in [0.25, 0.3) is 11.6 Å². The number of rotatable bonds is 4. The fourth-order valence-electron chi connectivity index (χ4n) is 1.83. The number of carbonyl (C=O) groups is 1. The smallest absolute Gasteiger partial charge is 0.288 e. The largest absolute Gasteiger partial charge is 0.345 e. The van der Waals surface area contributed by atoms with Gasteiger partial charge < -0.3 is 5.32 Å². The maximum absolute atomic E-state index is 12.2. The fraction of sp³-hybridized carbons (Fsp3) is 0.143. The van der Waals surface area contributed by atoms with Gasteiger partial charge in [-0.3, -0.25) is 19.9 Å². The highest BCUT2D eigenvalue weighted by atomic mass is 35.5. The number of benzene rings is 1. The molecule has 2 rings (SSSR count). The number of nitro groups is 1. The van der Waals surface area contributed by atoms with Gasteiger partial charge in [0.2, 0.25) is 0 Å². The molecule has 0 bridgehead atoms. The first-order valence-electron chi connectivity index (χ1n) is 6.14. The number of aromatic nitrogens is 1. The van der Waals surface area contributed by atoms with Gasteiger partial charge in [0.05, 0.1) is 16.5 Å².